The lowest BCUT2D eigenvalue weighted by Gasteiger charge is -2.25. The molecule has 0 heterocycles. The zero-order chi connectivity index (χ0) is 15.9. The summed E-state index contributed by atoms with van der Waals surface area (Å²) in [6, 6.07) is 5.53. The largest absolute Gasteiger partial charge is 0.508 e. The summed E-state index contributed by atoms with van der Waals surface area (Å²) in [6.45, 7) is 0. The van der Waals surface area contributed by atoms with Gasteiger partial charge < -0.3 is 15.5 Å². The molecule has 0 aliphatic heterocycles. The maximum atomic E-state index is 12.0. The minimum Gasteiger partial charge on any atom is -0.508 e. The van der Waals surface area contributed by atoms with Gasteiger partial charge in [0.15, 0.2) is 0 Å². The first-order valence-corrected chi connectivity index (χ1v) is 7.84. The molecule has 5 nitrogen and oxygen atoms in total. The van der Waals surface area contributed by atoms with Gasteiger partial charge >= 0.3 is 5.97 Å². The lowest BCUT2D eigenvalue weighted by Crippen LogP contribution is -2.42. The molecule has 2 rings (SSSR count). The van der Waals surface area contributed by atoms with Crippen molar-refractivity contribution >= 4 is 11.9 Å². The summed E-state index contributed by atoms with van der Waals surface area (Å²) in [5, 5.41) is 21.1. The molecule has 1 atom stereocenters. The molecule has 1 fully saturated rings. The van der Waals surface area contributed by atoms with E-state index in [9.17, 15) is 19.8 Å². The summed E-state index contributed by atoms with van der Waals surface area (Å²) in [6.07, 6.45) is 6.26. The second kappa shape index (κ2) is 7.82. The van der Waals surface area contributed by atoms with Crippen molar-refractivity contribution in [1.29, 1.82) is 0 Å². The molecule has 5 heteroatoms. The number of amides is 1. The number of hydrogen-bond acceptors (Lipinski definition) is 3. The number of rotatable bonds is 6. The fourth-order valence-electron chi connectivity index (χ4n) is 3.02. The highest BCUT2D eigenvalue weighted by Gasteiger charge is 2.25. The smallest absolute Gasteiger partial charge is 0.326 e. The van der Waals surface area contributed by atoms with E-state index < -0.39 is 12.0 Å². The predicted octanol–water partition coefficient (Wildman–Crippen LogP) is 2.47. The Bertz CT molecular complexity index is 506. The molecule has 1 aliphatic carbocycles. The van der Waals surface area contributed by atoms with Crippen molar-refractivity contribution in [2.45, 2.75) is 51.0 Å². The number of carboxylic acid groups (broad SMARTS) is 1. The standard InChI is InChI=1S/C17H23NO4/c19-14-8-6-13(7-9-14)11-16(20)18-15(17(21)22)10-12-4-2-1-3-5-12/h6-9,12,15,19H,1-5,10-11H2,(H,18,20)(H,21,22)/t15-/m0/s1. The van der Waals surface area contributed by atoms with Crippen LogP contribution in [0.15, 0.2) is 24.3 Å². The van der Waals surface area contributed by atoms with Crippen LogP contribution < -0.4 is 5.32 Å². The summed E-state index contributed by atoms with van der Waals surface area (Å²) < 4.78 is 0. The molecule has 3 N–H and O–H groups in total. The topological polar surface area (TPSA) is 86.6 Å². The number of nitrogens with one attached hydrogen (secondary N) is 1. The van der Waals surface area contributed by atoms with Crippen molar-refractivity contribution in [1.82, 2.24) is 5.32 Å². The van der Waals surface area contributed by atoms with Crippen molar-refractivity contribution in [2.75, 3.05) is 0 Å². The van der Waals surface area contributed by atoms with Crippen molar-refractivity contribution in [3.05, 3.63) is 29.8 Å². The molecule has 1 aliphatic rings. The molecule has 1 amide bonds. The van der Waals surface area contributed by atoms with Gasteiger partial charge in [0.2, 0.25) is 5.91 Å². The molecule has 0 spiro atoms. The van der Waals surface area contributed by atoms with E-state index in [0.29, 0.717) is 12.3 Å². The second-order valence-electron chi connectivity index (χ2n) is 6.04. The first-order valence-electron chi connectivity index (χ1n) is 7.84. The Labute approximate surface area is 130 Å². The fourth-order valence-corrected chi connectivity index (χ4v) is 3.02. The highest BCUT2D eigenvalue weighted by Crippen LogP contribution is 2.27. The van der Waals surface area contributed by atoms with E-state index in [-0.39, 0.29) is 18.1 Å². The quantitative estimate of drug-likeness (QED) is 0.753. The lowest BCUT2D eigenvalue weighted by atomic mass is 9.85. The van der Waals surface area contributed by atoms with Crippen LogP contribution in [0, 0.1) is 5.92 Å². The number of phenolic OH excluding ortho intramolecular Hbond substituents is 1. The number of benzene rings is 1. The number of carbonyl (C=O) groups is 2. The van der Waals surface area contributed by atoms with Crippen molar-refractivity contribution in [2.24, 2.45) is 5.92 Å². The fraction of sp³-hybridized carbons (Fsp3) is 0.529. The van der Waals surface area contributed by atoms with Crippen LogP contribution in [0.1, 0.15) is 44.1 Å². The molecule has 0 unspecified atom stereocenters. The van der Waals surface area contributed by atoms with E-state index in [1.54, 1.807) is 12.1 Å². The maximum Gasteiger partial charge on any atom is 0.326 e. The summed E-state index contributed by atoms with van der Waals surface area (Å²) >= 11 is 0. The van der Waals surface area contributed by atoms with Gasteiger partial charge in [0, 0.05) is 0 Å². The molecule has 120 valence electrons. The Hall–Kier alpha value is -2.04. The normalized spacial score (nSPS) is 16.9. The van der Waals surface area contributed by atoms with Crippen LogP contribution in [0.3, 0.4) is 0 Å². The van der Waals surface area contributed by atoms with E-state index in [4.69, 9.17) is 0 Å². The molecule has 0 radical (unpaired) electrons. The van der Waals surface area contributed by atoms with Crippen LogP contribution in [0.25, 0.3) is 0 Å². The van der Waals surface area contributed by atoms with Crippen LogP contribution in [0.5, 0.6) is 5.75 Å². The van der Waals surface area contributed by atoms with E-state index in [1.165, 1.54) is 18.6 Å². The molecule has 1 aromatic carbocycles. The van der Waals surface area contributed by atoms with Gasteiger partial charge in [-0.2, -0.15) is 0 Å². The Morgan fingerprint density at radius 3 is 2.36 bits per heavy atom. The van der Waals surface area contributed by atoms with E-state index >= 15 is 0 Å². The zero-order valence-corrected chi connectivity index (χ0v) is 12.6. The van der Waals surface area contributed by atoms with Gasteiger partial charge in [0.1, 0.15) is 11.8 Å². The van der Waals surface area contributed by atoms with Crippen molar-refractivity contribution in [3.63, 3.8) is 0 Å². The Balaban J connectivity index is 1.87. The van der Waals surface area contributed by atoms with Crippen LogP contribution in [0.4, 0.5) is 0 Å². The highest BCUT2D eigenvalue weighted by atomic mass is 16.4. The monoisotopic (exact) mass is 305 g/mol. The van der Waals surface area contributed by atoms with Crippen LogP contribution >= 0.6 is 0 Å². The van der Waals surface area contributed by atoms with Gasteiger partial charge in [-0.3, -0.25) is 4.79 Å². The zero-order valence-electron chi connectivity index (χ0n) is 12.6. The number of carboxylic acids is 1. The molecule has 1 saturated carbocycles. The highest BCUT2D eigenvalue weighted by molar-refractivity contribution is 5.84. The van der Waals surface area contributed by atoms with Crippen molar-refractivity contribution in [3.8, 4) is 5.75 Å². The lowest BCUT2D eigenvalue weighted by molar-refractivity contribution is -0.142. The van der Waals surface area contributed by atoms with Crippen LogP contribution in [-0.2, 0) is 16.0 Å². The molecule has 1 aromatic rings. The number of carbonyl (C=O) groups excluding carboxylic acids is 1. The van der Waals surface area contributed by atoms with Gasteiger partial charge in [0.05, 0.1) is 6.42 Å². The van der Waals surface area contributed by atoms with E-state index in [0.717, 1.165) is 31.2 Å². The number of phenols is 1. The first kappa shape index (κ1) is 16.3. The Kier molecular flexibility index (Phi) is 5.81. The minimum atomic E-state index is -0.968. The number of hydrogen-bond donors (Lipinski definition) is 3. The predicted molar refractivity (Wildman–Crippen MR) is 82.6 cm³/mol. The Morgan fingerprint density at radius 2 is 1.77 bits per heavy atom. The van der Waals surface area contributed by atoms with Gasteiger partial charge in [-0.05, 0) is 30.0 Å². The van der Waals surface area contributed by atoms with Gasteiger partial charge in [-0.1, -0.05) is 44.2 Å². The summed E-state index contributed by atoms with van der Waals surface area (Å²) in [4.78, 5) is 23.4. The molecular weight excluding hydrogens is 282 g/mol. The summed E-state index contributed by atoms with van der Waals surface area (Å²) in [7, 11) is 0. The third kappa shape index (κ3) is 5.06. The Morgan fingerprint density at radius 1 is 1.14 bits per heavy atom. The van der Waals surface area contributed by atoms with Gasteiger partial charge in [0.25, 0.3) is 0 Å². The van der Waals surface area contributed by atoms with Gasteiger partial charge in [-0.25, -0.2) is 4.79 Å². The first-order chi connectivity index (χ1) is 10.5. The summed E-state index contributed by atoms with van der Waals surface area (Å²) in [5.41, 5.74) is 0.747. The number of aromatic hydroxyl groups is 1. The molecule has 0 saturated heterocycles. The molecule has 0 aromatic heterocycles. The molecule has 0 bridgehead atoms. The number of aliphatic carboxylic acids is 1. The van der Waals surface area contributed by atoms with E-state index in [1.807, 2.05) is 0 Å². The minimum absolute atomic E-state index is 0.120. The average Bonchev–Trinajstić information content (AvgIpc) is 2.50. The summed E-state index contributed by atoms with van der Waals surface area (Å²) in [5.74, 6) is -0.729. The van der Waals surface area contributed by atoms with Crippen LogP contribution in [-0.4, -0.2) is 28.1 Å². The SMILES string of the molecule is O=C(Cc1ccc(O)cc1)N[C@@H](CC1CCCCC1)C(=O)O. The molecular formula is C17H23NO4. The third-order valence-electron chi connectivity index (χ3n) is 4.23. The van der Waals surface area contributed by atoms with Crippen LogP contribution in [0.2, 0.25) is 0 Å². The average molecular weight is 305 g/mol. The third-order valence-corrected chi connectivity index (χ3v) is 4.23. The van der Waals surface area contributed by atoms with E-state index in [2.05, 4.69) is 5.32 Å². The van der Waals surface area contributed by atoms with Gasteiger partial charge in [-0.15, -0.1) is 0 Å². The molecule has 22 heavy (non-hydrogen) atoms. The maximum absolute atomic E-state index is 12.0. The van der Waals surface area contributed by atoms with Crippen molar-refractivity contribution < 1.29 is 19.8 Å². The second-order valence-corrected chi connectivity index (χ2v) is 6.04.